The lowest BCUT2D eigenvalue weighted by Gasteiger charge is -2.13. The topological polar surface area (TPSA) is 103 Å². The van der Waals surface area contributed by atoms with Crippen LogP contribution in [0.25, 0.3) is 0 Å². The van der Waals surface area contributed by atoms with E-state index in [2.05, 4.69) is 10.0 Å². The molecule has 0 fully saturated rings. The molecule has 3 aromatic rings. The molecule has 0 unspecified atom stereocenters. The van der Waals surface area contributed by atoms with Crippen molar-refractivity contribution in [3.05, 3.63) is 76.8 Å². The number of para-hydroxylation sites is 2. The number of halogens is 1. The van der Waals surface area contributed by atoms with Crippen LogP contribution in [0.1, 0.15) is 15.9 Å². The van der Waals surface area contributed by atoms with Gasteiger partial charge in [-0.2, -0.15) is 0 Å². The van der Waals surface area contributed by atoms with Crippen LogP contribution in [0.3, 0.4) is 0 Å². The average molecular weight is 475 g/mol. The lowest BCUT2D eigenvalue weighted by atomic mass is 10.1. The van der Waals surface area contributed by atoms with E-state index in [1.54, 1.807) is 36.4 Å². The molecule has 2 N–H and O–H groups in total. The predicted molar refractivity (Wildman–Crippen MR) is 119 cm³/mol. The van der Waals surface area contributed by atoms with Gasteiger partial charge in [-0.05, 0) is 48.0 Å². The van der Waals surface area contributed by atoms with Gasteiger partial charge in [0, 0.05) is 12.1 Å². The zero-order valence-electron chi connectivity index (χ0n) is 16.9. The summed E-state index contributed by atoms with van der Waals surface area (Å²) in [6.07, 6.45) is 0. The molecule has 0 atom stereocenters. The van der Waals surface area contributed by atoms with E-state index in [0.29, 0.717) is 17.2 Å². The van der Waals surface area contributed by atoms with Crippen LogP contribution in [0.15, 0.2) is 65.6 Å². The number of nitrogens with one attached hydrogen (secondary N) is 2. The molecule has 4 rings (SSSR count). The predicted octanol–water partition coefficient (Wildman–Crippen LogP) is 3.81. The number of amides is 1. The van der Waals surface area contributed by atoms with Gasteiger partial charge in [0.15, 0.2) is 11.5 Å². The second-order valence-corrected chi connectivity index (χ2v) is 8.88. The minimum Gasteiger partial charge on any atom is -0.495 e. The summed E-state index contributed by atoms with van der Waals surface area (Å²) in [7, 11) is -2.64. The van der Waals surface area contributed by atoms with E-state index in [0.717, 1.165) is 5.56 Å². The summed E-state index contributed by atoms with van der Waals surface area (Å²) in [6, 6.07) is 16.0. The Bertz CT molecular complexity index is 1280. The zero-order valence-corrected chi connectivity index (χ0v) is 18.5. The number of hydrogen-bond donors (Lipinski definition) is 2. The van der Waals surface area contributed by atoms with Crippen molar-refractivity contribution in [2.24, 2.45) is 0 Å². The Hall–Kier alpha value is -3.43. The summed E-state index contributed by atoms with van der Waals surface area (Å²) in [5.41, 5.74) is 1.21. The molecule has 8 nitrogen and oxygen atoms in total. The Kier molecular flexibility index (Phi) is 6.11. The maximum atomic E-state index is 12.9. The summed E-state index contributed by atoms with van der Waals surface area (Å²) in [4.78, 5) is 12.4. The van der Waals surface area contributed by atoms with Gasteiger partial charge in [0.05, 0.1) is 17.8 Å². The molecule has 0 aromatic heterocycles. The second-order valence-electron chi connectivity index (χ2n) is 6.82. The van der Waals surface area contributed by atoms with Crippen molar-refractivity contribution in [3.8, 4) is 17.2 Å². The summed E-state index contributed by atoms with van der Waals surface area (Å²) in [6.45, 7) is 0.385. The molecule has 1 aliphatic heterocycles. The standard InChI is InChI=1S/C22H19ClN2O6S/c1-29-18-5-3-2-4-17(18)25-32(27,28)21-11-15(7-8-16(21)23)22(26)24-12-14-6-9-19-20(10-14)31-13-30-19/h2-11,25H,12-13H2,1H3,(H,24,26). The van der Waals surface area contributed by atoms with Crippen molar-refractivity contribution >= 4 is 33.2 Å². The van der Waals surface area contributed by atoms with Crippen LogP contribution in [-0.4, -0.2) is 28.2 Å². The molecule has 1 heterocycles. The van der Waals surface area contributed by atoms with Crippen LogP contribution < -0.4 is 24.2 Å². The molecule has 0 bridgehead atoms. The molecule has 0 saturated carbocycles. The van der Waals surface area contributed by atoms with Gasteiger partial charge in [-0.3, -0.25) is 9.52 Å². The van der Waals surface area contributed by atoms with Crippen LogP contribution >= 0.6 is 11.6 Å². The number of fused-ring (bicyclic) bond motifs is 1. The van der Waals surface area contributed by atoms with E-state index < -0.39 is 15.9 Å². The first-order valence-corrected chi connectivity index (χ1v) is 11.4. The number of carbonyl (C=O) groups is 1. The van der Waals surface area contributed by atoms with Crippen LogP contribution in [0.5, 0.6) is 17.2 Å². The molecule has 0 saturated heterocycles. The molecule has 1 amide bonds. The number of carbonyl (C=O) groups excluding carboxylic acids is 1. The minimum atomic E-state index is -4.08. The van der Waals surface area contributed by atoms with Gasteiger partial charge >= 0.3 is 0 Å². The number of ether oxygens (including phenoxy) is 3. The van der Waals surface area contributed by atoms with Gasteiger partial charge in [-0.25, -0.2) is 8.42 Å². The molecular formula is C22H19ClN2O6S. The van der Waals surface area contributed by atoms with E-state index in [1.165, 1.54) is 25.3 Å². The third-order valence-electron chi connectivity index (χ3n) is 4.72. The molecule has 0 spiro atoms. The average Bonchev–Trinajstić information content (AvgIpc) is 3.25. The van der Waals surface area contributed by atoms with Crippen LogP contribution in [0.2, 0.25) is 5.02 Å². The Morgan fingerprint density at radius 3 is 2.66 bits per heavy atom. The van der Waals surface area contributed by atoms with Gasteiger partial charge in [-0.1, -0.05) is 29.8 Å². The van der Waals surface area contributed by atoms with Crippen molar-refractivity contribution in [1.82, 2.24) is 5.32 Å². The molecule has 0 radical (unpaired) electrons. The Labute approximate surface area is 190 Å². The van der Waals surface area contributed by atoms with Crippen molar-refractivity contribution in [1.29, 1.82) is 0 Å². The SMILES string of the molecule is COc1ccccc1NS(=O)(=O)c1cc(C(=O)NCc2ccc3c(c2)OCO3)ccc1Cl. The van der Waals surface area contributed by atoms with Crippen molar-refractivity contribution < 1.29 is 27.4 Å². The van der Waals surface area contributed by atoms with Gasteiger partial charge in [0.1, 0.15) is 10.6 Å². The van der Waals surface area contributed by atoms with Crippen LogP contribution in [0, 0.1) is 0 Å². The fourth-order valence-electron chi connectivity index (χ4n) is 3.11. The summed E-state index contributed by atoms with van der Waals surface area (Å²) in [5.74, 6) is 1.16. The van der Waals surface area contributed by atoms with Crippen molar-refractivity contribution in [2.75, 3.05) is 18.6 Å². The largest absolute Gasteiger partial charge is 0.495 e. The highest BCUT2D eigenvalue weighted by Gasteiger charge is 2.22. The van der Waals surface area contributed by atoms with E-state index in [-0.39, 0.29) is 34.5 Å². The van der Waals surface area contributed by atoms with Gasteiger partial charge in [0.25, 0.3) is 15.9 Å². The number of hydrogen-bond acceptors (Lipinski definition) is 6. The summed E-state index contributed by atoms with van der Waals surface area (Å²) in [5, 5.41) is 2.74. The van der Waals surface area contributed by atoms with E-state index >= 15 is 0 Å². The molecule has 32 heavy (non-hydrogen) atoms. The van der Waals surface area contributed by atoms with Gasteiger partial charge in [-0.15, -0.1) is 0 Å². The lowest BCUT2D eigenvalue weighted by molar-refractivity contribution is 0.0950. The van der Waals surface area contributed by atoms with Gasteiger partial charge in [0.2, 0.25) is 6.79 Å². The molecule has 3 aromatic carbocycles. The Morgan fingerprint density at radius 1 is 1.06 bits per heavy atom. The zero-order chi connectivity index (χ0) is 22.7. The lowest BCUT2D eigenvalue weighted by Crippen LogP contribution is -2.23. The minimum absolute atomic E-state index is 0.0141. The van der Waals surface area contributed by atoms with E-state index in [1.807, 2.05) is 6.07 Å². The second kappa shape index (κ2) is 8.97. The smallest absolute Gasteiger partial charge is 0.263 e. The fraction of sp³-hybridized carbons (Fsp3) is 0.136. The first kappa shape index (κ1) is 21.8. The first-order chi connectivity index (χ1) is 15.4. The highest BCUT2D eigenvalue weighted by molar-refractivity contribution is 7.92. The monoisotopic (exact) mass is 474 g/mol. The quantitative estimate of drug-likeness (QED) is 0.539. The highest BCUT2D eigenvalue weighted by atomic mass is 35.5. The molecule has 10 heteroatoms. The number of sulfonamides is 1. The third-order valence-corrected chi connectivity index (χ3v) is 6.57. The Morgan fingerprint density at radius 2 is 1.84 bits per heavy atom. The summed E-state index contributed by atoms with van der Waals surface area (Å²) >= 11 is 6.14. The van der Waals surface area contributed by atoms with Crippen LogP contribution in [0.4, 0.5) is 5.69 Å². The number of benzene rings is 3. The van der Waals surface area contributed by atoms with E-state index in [4.69, 9.17) is 25.8 Å². The number of methoxy groups -OCH3 is 1. The van der Waals surface area contributed by atoms with E-state index in [9.17, 15) is 13.2 Å². The maximum Gasteiger partial charge on any atom is 0.263 e. The third kappa shape index (κ3) is 4.58. The fourth-order valence-corrected chi connectivity index (χ4v) is 4.71. The number of rotatable bonds is 7. The van der Waals surface area contributed by atoms with Crippen molar-refractivity contribution in [2.45, 2.75) is 11.4 Å². The molecule has 1 aliphatic rings. The molecule has 166 valence electrons. The number of anilines is 1. The van der Waals surface area contributed by atoms with Crippen molar-refractivity contribution in [3.63, 3.8) is 0 Å². The normalized spacial score (nSPS) is 12.3. The maximum absolute atomic E-state index is 12.9. The van der Waals surface area contributed by atoms with Crippen LogP contribution in [-0.2, 0) is 16.6 Å². The Balaban J connectivity index is 1.52. The molecule has 0 aliphatic carbocycles. The summed E-state index contributed by atoms with van der Waals surface area (Å²) < 4.78 is 44.1. The first-order valence-electron chi connectivity index (χ1n) is 9.49. The highest BCUT2D eigenvalue weighted by Crippen LogP contribution is 2.32. The molecular weight excluding hydrogens is 456 g/mol. The van der Waals surface area contributed by atoms with Gasteiger partial charge < -0.3 is 19.5 Å².